The van der Waals surface area contributed by atoms with E-state index in [2.05, 4.69) is 15.2 Å². The number of benzene rings is 1. The van der Waals surface area contributed by atoms with Crippen molar-refractivity contribution in [2.75, 3.05) is 13.1 Å². The van der Waals surface area contributed by atoms with Gasteiger partial charge < -0.3 is 14.4 Å². The van der Waals surface area contributed by atoms with Crippen molar-refractivity contribution in [3.63, 3.8) is 0 Å². The second-order valence-electron chi connectivity index (χ2n) is 9.84. The number of carbonyl (C=O) groups is 1. The summed E-state index contributed by atoms with van der Waals surface area (Å²) in [5.74, 6) is 0.145. The molecule has 1 amide bonds. The summed E-state index contributed by atoms with van der Waals surface area (Å²) in [5, 5.41) is 8.91. The molecule has 3 aromatic heterocycles. The predicted molar refractivity (Wildman–Crippen MR) is 130 cm³/mol. The number of hydrogen-bond donors (Lipinski definition) is 0. The minimum atomic E-state index is -1.35. The average molecular weight is 496 g/mol. The SMILES string of the molecule is CC(C)(C)OC(=O)N1CC[C@@H](F)[C@@H](Oc2cc(F)cc3ccc(-c4nnc5ccccn45)nc23)CC1. The number of carbonyl (C=O) groups excluding carboxylic acids is 1. The molecule has 8 nitrogen and oxygen atoms in total. The maximum absolute atomic E-state index is 15.1. The number of pyridine rings is 2. The van der Waals surface area contributed by atoms with Gasteiger partial charge in [-0.15, -0.1) is 10.2 Å². The third kappa shape index (κ3) is 4.93. The first-order valence-corrected chi connectivity index (χ1v) is 11.9. The average Bonchev–Trinajstić information content (AvgIpc) is 3.17. The van der Waals surface area contributed by atoms with Gasteiger partial charge in [-0.2, -0.15) is 0 Å². The van der Waals surface area contributed by atoms with Crippen LogP contribution in [0.4, 0.5) is 13.6 Å². The van der Waals surface area contributed by atoms with Gasteiger partial charge in [0.1, 0.15) is 40.7 Å². The molecule has 0 radical (unpaired) electrons. The minimum absolute atomic E-state index is 0.0849. The van der Waals surface area contributed by atoms with Crippen LogP contribution < -0.4 is 4.74 Å². The van der Waals surface area contributed by atoms with E-state index in [0.29, 0.717) is 28.1 Å². The lowest BCUT2D eigenvalue weighted by atomic mass is 10.1. The Hall–Kier alpha value is -3.82. The highest BCUT2D eigenvalue weighted by molar-refractivity contribution is 5.86. The quantitative estimate of drug-likeness (QED) is 0.389. The van der Waals surface area contributed by atoms with Crippen LogP contribution in [-0.2, 0) is 4.74 Å². The smallest absolute Gasteiger partial charge is 0.410 e. The number of ether oxygens (including phenoxy) is 2. The lowest BCUT2D eigenvalue weighted by molar-refractivity contribution is 0.0252. The Balaban J connectivity index is 1.43. The van der Waals surface area contributed by atoms with Crippen LogP contribution >= 0.6 is 0 Å². The van der Waals surface area contributed by atoms with Crippen LogP contribution in [0.25, 0.3) is 28.1 Å². The number of fused-ring (bicyclic) bond motifs is 2. The molecule has 0 spiro atoms. The molecule has 10 heteroatoms. The lowest BCUT2D eigenvalue weighted by Crippen LogP contribution is -2.37. The normalized spacial score (nSPS) is 18.9. The van der Waals surface area contributed by atoms with Gasteiger partial charge in [0.15, 0.2) is 11.5 Å². The Labute approximate surface area is 206 Å². The van der Waals surface area contributed by atoms with Crippen LogP contribution in [0.3, 0.4) is 0 Å². The summed E-state index contributed by atoms with van der Waals surface area (Å²) in [4.78, 5) is 18.6. The Bertz CT molecular complexity index is 1420. The first kappa shape index (κ1) is 23.9. The van der Waals surface area contributed by atoms with Gasteiger partial charge in [-0.05, 0) is 51.5 Å². The van der Waals surface area contributed by atoms with E-state index in [4.69, 9.17) is 9.47 Å². The maximum atomic E-state index is 15.1. The van der Waals surface area contributed by atoms with E-state index < -0.39 is 29.8 Å². The summed E-state index contributed by atoms with van der Waals surface area (Å²) in [6, 6.07) is 11.6. The minimum Gasteiger partial charge on any atom is -0.485 e. The summed E-state index contributed by atoms with van der Waals surface area (Å²) in [6.07, 6.45) is -0.567. The molecule has 2 atom stereocenters. The van der Waals surface area contributed by atoms with Gasteiger partial charge in [0.25, 0.3) is 0 Å². The van der Waals surface area contributed by atoms with Gasteiger partial charge in [0.2, 0.25) is 0 Å². The number of alkyl halides is 1. The third-order valence-electron chi connectivity index (χ3n) is 5.96. The van der Waals surface area contributed by atoms with Crippen molar-refractivity contribution < 1.29 is 23.0 Å². The van der Waals surface area contributed by atoms with E-state index in [0.717, 1.165) is 0 Å². The van der Waals surface area contributed by atoms with Crippen molar-refractivity contribution in [3.05, 3.63) is 54.5 Å². The second kappa shape index (κ2) is 9.33. The Morgan fingerprint density at radius 3 is 2.69 bits per heavy atom. The molecule has 188 valence electrons. The zero-order chi connectivity index (χ0) is 25.4. The molecule has 0 unspecified atom stereocenters. The summed E-state index contributed by atoms with van der Waals surface area (Å²) >= 11 is 0. The van der Waals surface area contributed by atoms with E-state index in [9.17, 15) is 9.18 Å². The molecule has 1 aliphatic rings. The molecule has 1 aromatic carbocycles. The van der Waals surface area contributed by atoms with Gasteiger partial charge in [-0.25, -0.2) is 18.6 Å². The highest BCUT2D eigenvalue weighted by Crippen LogP contribution is 2.31. The Morgan fingerprint density at radius 1 is 1.08 bits per heavy atom. The zero-order valence-electron chi connectivity index (χ0n) is 20.3. The monoisotopic (exact) mass is 495 g/mol. The van der Waals surface area contributed by atoms with E-state index in [1.807, 2.05) is 24.4 Å². The van der Waals surface area contributed by atoms with Crippen molar-refractivity contribution in [2.24, 2.45) is 0 Å². The standard InChI is InChI=1S/C26H27F2N5O3/c1-26(2,3)36-25(34)32-12-9-18(28)20(10-13-32)35-21-15-17(27)14-16-7-8-19(29-23(16)21)24-31-30-22-6-4-5-11-33(22)24/h4-8,11,14-15,18,20H,9-10,12-13H2,1-3H3/t18-,20+/m1/s1. The molecule has 1 saturated heterocycles. The van der Waals surface area contributed by atoms with Crippen LogP contribution in [0.2, 0.25) is 0 Å². The topological polar surface area (TPSA) is 81.8 Å². The molecule has 0 aliphatic carbocycles. The van der Waals surface area contributed by atoms with Crippen molar-refractivity contribution in [1.82, 2.24) is 24.5 Å². The molecule has 1 aliphatic heterocycles. The van der Waals surface area contributed by atoms with Crippen LogP contribution in [0.15, 0.2) is 48.7 Å². The van der Waals surface area contributed by atoms with Gasteiger partial charge >= 0.3 is 6.09 Å². The summed E-state index contributed by atoms with van der Waals surface area (Å²) in [5.41, 5.74) is 0.931. The molecule has 0 N–H and O–H groups in total. The van der Waals surface area contributed by atoms with Gasteiger partial charge in [0, 0.05) is 37.2 Å². The van der Waals surface area contributed by atoms with E-state index in [-0.39, 0.29) is 31.7 Å². The number of rotatable bonds is 3. The van der Waals surface area contributed by atoms with Crippen LogP contribution in [0.1, 0.15) is 33.6 Å². The van der Waals surface area contributed by atoms with E-state index in [1.54, 1.807) is 37.3 Å². The second-order valence-corrected chi connectivity index (χ2v) is 9.84. The molecule has 36 heavy (non-hydrogen) atoms. The van der Waals surface area contributed by atoms with E-state index >= 15 is 4.39 Å². The summed E-state index contributed by atoms with van der Waals surface area (Å²) < 4.78 is 42.8. The zero-order valence-corrected chi connectivity index (χ0v) is 20.3. The number of aromatic nitrogens is 4. The number of hydrogen-bond acceptors (Lipinski definition) is 6. The van der Waals surface area contributed by atoms with Crippen LogP contribution in [0, 0.1) is 5.82 Å². The Morgan fingerprint density at radius 2 is 1.89 bits per heavy atom. The number of likely N-dealkylation sites (tertiary alicyclic amines) is 1. The van der Waals surface area contributed by atoms with Gasteiger partial charge in [0.05, 0.1) is 0 Å². The molecular formula is C26H27F2N5O3. The highest BCUT2D eigenvalue weighted by Gasteiger charge is 2.32. The van der Waals surface area contributed by atoms with Crippen LogP contribution in [-0.4, -0.2) is 61.5 Å². The van der Waals surface area contributed by atoms with Crippen molar-refractivity contribution in [2.45, 2.75) is 51.5 Å². The molecule has 4 aromatic rings. The fraction of sp³-hybridized carbons (Fsp3) is 0.385. The van der Waals surface area contributed by atoms with Crippen molar-refractivity contribution >= 4 is 22.6 Å². The molecular weight excluding hydrogens is 468 g/mol. The lowest BCUT2D eigenvalue weighted by Gasteiger charge is -2.26. The molecule has 5 rings (SSSR count). The molecule has 0 saturated carbocycles. The largest absolute Gasteiger partial charge is 0.485 e. The predicted octanol–water partition coefficient (Wildman–Crippen LogP) is 5.20. The molecule has 1 fully saturated rings. The number of nitrogens with zero attached hydrogens (tertiary/aromatic N) is 5. The van der Waals surface area contributed by atoms with Gasteiger partial charge in [-0.1, -0.05) is 12.1 Å². The fourth-order valence-electron chi connectivity index (χ4n) is 4.24. The highest BCUT2D eigenvalue weighted by atomic mass is 19.1. The van der Waals surface area contributed by atoms with E-state index in [1.165, 1.54) is 17.0 Å². The molecule has 4 heterocycles. The summed E-state index contributed by atoms with van der Waals surface area (Å²) in [7, 11) is 0. The maximum Gasteiger partial charge on any atom is 0.410 e. The fourth-order valence-corrected chi connectivity index (χ4v) is 4.24. The first-order chi connectivity index (χ1) is 17.2. The Kier molecular flexibility index (Phi) is 6.19. The molecule has 0 bridgehead atoms. The first-order valence-electron chi connectivity index (χ1n) is 11.9. The van der Waals surface area contributed by atoms with Crippen molar-refractivity contribution in [3.8, 4) is 17.3 Å². The summed E-state index contributed by atoms with van der Waals surface area (Å²) in [6.45, 7) is 5.82. The van der Waals surface area contributed by atoms with Crippen molar-refractivity contribution in [1.29, 1.82) is 0 Å². The number of halogens is 2. The van der Waals surface area contributed by atoms with Crippen LogP contribution in [0.5, 0.6) is 5.75 Å². The third-order valence-corrected chi connectivity index (χ3v) is 5.96. The van der Waals surface area contributed by atoms with Gasteiger partial charge in [-0.3, -0.25) is 4.40 Å². The number of amides is 1.